The number of fused-ring (bicyclic) bond motifs is 1. The molecule has 1 aliphatic heterocycles. The van der Waals surface area contributed by atoms with E-state index in [1.54, 1.807) is 0 Å². The maximum Gasteiger partial charge on any atom is 0.193 e. The van der Waals surface area contributed by atoms with E-state index in [-0.39, 0.29) is 34.3 Å². The first-order valence-corrected chi connectivity index (χ1v) is 5.76. The van der Waals surface area contributed by atoms with Gasteiger partial charge in [-0.3, -0.25) is 4.79 Å². The first-order chi connectivity index (χ1) is 9.49. The van der Waals surface area contributed by atoms with Crippen molar-refractivity contribution < 1.29 is 30.0 Å². The summed E-state index contributed by atoms with van der Waals surface area (Å²) >= 11 is 0. The van der Waals surface area contributed by atoms with Crippen LogP contribution >= 0.6 is 0 Å². The third-order valence-corrected chi connectivity index (χ3v) is 3.14. The standard InChI is InChI=1S/C14H10O6/c15-7-2-1-6(5-10(7)18)13-12(19)11-8(16)3-4-9(17)14(11)20-13/h1-5,13,15,17-19H. The van der Waals surface area contributed by atoms with Gasteiger partial charge in [0.15, 0.2) is 40.7 Å². The lowest BCUT2D eigenvalue weighted by molar-refractivity contribution is -0.111. The maximum atomic E-state index is 11.7. The molecule has 0 saturated heterocycles. The van der Waals surface area contributed by atoms with Crippen molar-refractivity contribution in [1.82, 2.24) is 0 Å². The molecule has 1 aliphatic carbocycles. The average Bonchev–Trinajstić information content (AvgIpc) is 2.77. The second-order valence-corrected chi connectivity index (χ2v) is 4.42. The SMILES string of the molecule is O=C1C=CC(O)=C2OC(c3ccc(O)c(O)c3)C(O)=C12. The molecule has 1 aromatic carbocycles. The Morgan fingerprint density at radius 3 is 2.40 bits per heavy atom. The van der Waals surface area contributed by atoms with Gasteiger partial charge in [-0.2, -0.15) is 0 Å². The Bertz CT molecular complexity index is 710. The third-order valence-electron chi connectivity index (χ3n) is 3.14. The second-order valence-electron chi connectivity index (χ2n) is 4.42. The lowest BCUT2D eigenvalue weighted by atomic mass is 10.0. The molecule has 0 saturated carbocycles. The smallest absolute Gasteiger partial charge is 0.193 e. The molecule has 6 nitrogen and oxygen atoms in total. The predicted molar refractivity (Wildman–Crippen MR) is 67.1 cm³/mol. The number of carbonyl (C=O) groups is 1. The van der Waals surface area contributed by atoms with Crippen LogP contribution in [0.15, 0.2) is 53.2 Å². The molecule has 0 radical (unpaired) electrons. The van der Waals surface area contributed by atoms with Gasteiger partial charge in [-0.25, -0.2) is 0 Å². The summed E-state index contributed by atoms with van der Waals surface area (Å²) in [4.78, 5) is 11.7. The number of allylic oxidation sites excluding steroid dienone is 3. The molecule has 0 spiro atoms. The monoisotopic (exact) mass is 274 g/mol. The molecule has 3 rings (SSSR count). The minimum Gasteiger partial charge on any atom is -0.507 e. The van der Waals surface area contributed by atoms with Crippen molar-refractivity contribution in [2.75, 3.05) is 0 Å². The van der Waals surface area contributed by atoms with Crippen molar-refractivity contribution in [1.29, 1.82) is 0 Å². The summed E-state index contributed by atoms with van der Waals surface area (Å²) in [7, 11) is 0. The molecule has 1 aromatic rings. The van der Waals surface area contributed by atoms with E-state index in [4.69, 9.17) is 4.74 Å². The topological polar surface area (TPSA) is 107 Å². The van der Waals surface area contributed by atoms with Crippen LogP contribution < -0.4 is 0 Å². The predicted octanol–water partition coefficient (Wildman–Crippen LogP) is 1.89. The zero-order valence-electron chi connectivity index (χ0n) is 10.1. The van der Waals surface area contributed by atoms with Crippen molar-refractivity contribution in [3.8, 4) is 11.5 Å². The fourth-order valence-electron chi connectivity index (χ4n) is 2.15. The van der Waals surface area contributed by atoms with E-state index in [9.17, 15) is 25.2 Å². The van der Waals surface area contributed by atoms with Crippen LogP contribution in [0.25, 0.3) is 0 Å². The van der Waals surface area contributed by atoms with E-state index in [2.05, 4.69) is 0 Å². The van der Waals surface area contributed by atoms with Crippen molar-refractivity contribution in [3.63, 3.8) is 0 Å². The number of ether oxygens (including phenoxy) is 1. The van der Waals surface area contributed by atoms with E-state index in [1.165, 1.54) is 24.3 Å². The van der Waals surface area contributed by atoms with Gasteiger partial charge >= 0.3 is 0 Å². The highest BCUT2D eigenvalue weighted by atomic mass is 16.5. The Kier molecular flexibility index (Phi) is 2.47. The van der Waals surface area contributed by atoms with Crippen molar-refractivity contribution in [2.45, 2.75) is 6.10 Å². The van der Waals surface area contributed by atoms with Gasteiger partial charge < -0.3 is 25.2 Å². The summed E-state index contributed by atoms with van der Waals surface area (Å²) in [5.41, 5.74) is 0.246. The Morgan fingerprint density at radius 2 is 1.75 bits per heavy atom. The number of benzene rings is 1. The molecule has 20 heavy (non-hydrogen) atoms. The third kappa shape index (κ3) is 1.62. The minimum absolute atomic E-state index is 0.0902. The molecule has 1 unspecified atom stereocenters. The number of phenols is 2. The summed E-state index contributed by atoms with van der Waals surface area (Å²) in [6, 6.07) is 3.88. The molecular formula is C14H10O6. The second kappa shape index (κ2) is 4.06. The quantitative estimate of drug-likeness (QED) is 0.582. The molecule has 0 amide bonds. The summed E-state index contributed by atoms with van der Waals surface area (Å²) in [6.07, 6.45) is 1.30. The van der Waals surface area contributed by atoms with Crippen LogP contribution in [-0.4, -0.2) is 26.2 Å². The highest BCUT2D eigenvalue weighted by Gasteiger charge is 2.39. The highest BCUT2D eigenvalue weighted by Crippen LogP contribution is 2.43. The van der Waals surface area contributed by atoms with E-state index < -0.39 is 11.9 Å². The zero-order chi connectivity index (χ0) is 14.4. The van der Waals surface area contributed by atoms with Gasteiger partial charge in [0.1, 0.15) is 5.57 Å². The number of aromatic hydroxyl groups is 2. The number of hydrogen-bond acceptors (Lipinski definition) is 6. The van der Waals surface area contributed by atoms with Crippen molar-refractivity contribution in [2.24, 2.45) is 0 Å². The van der Waals surface area contributed by atoms with Crippen LogP contribution in [0.2, 0.25) is 0 Å². The molecule has 102 valence electrons. The van der Waals surface area contributed by atoms with Crippen LogP contribution in [0, 0.1) is 0 Å². The largest absolute Gasteiger partial charge is 0.507 e. The van der Waals surface area contributed by atoms with Gasteiger partial charge in [0, 0.05) is 5.56 Å². The van der Waals surface area contributed by atoms with E-state index in [0.717, 1.165) is 6.08 Å². The van der Waals surface area contributed by atoms with Crippen LogP contribution in [0.1, 0.15) is 11.7 Å². The minimum atomic E-state index is -1.02. The maximum absolute atomic E-state index is 11.7. The van der Waals surface area contributed by atoms with Crippen LogP contribution in [0.4, 0.5) is 0 Å². The number of carbonyl (C=O) groups excluding carboxylic acids is 1. The van der Waals surface area contributed by atoms with Gasteiger partial charge in [-0.05, 0) is 24.3 Å². The number of aliphatic hydroxyl groups excluding tert-OH is 2. The number of phenolic OH excluding ortho intramolecular Hbond substituents is 2. The normalized spacial score (nSPS) is 21.2. The fourth-order valence-corrected chi connectivity index (χ4v) is 2.15. The first kappa shape index (κ1) is 12.2. The number of rotatable bonds is 1. The number of ketones is 1. The first-order valence-electron chi connectivity index (χ1n) is 5.76. The van der Waals surface area contributed by atoms with Gasteiger partial charge in [-0.15, -0.1) is 0 Å². The Labute approximate surface area is 113 Å². The van der Waals surface area contributed by atoms with Gasteiger partial charge in [0.25, 0.3) is 0 Å². The lowest BCUT2D eigenvalue weighted by Crippen LogP contribution is -2.07. The van der Waals surface area contributed by atoms with Crippen molar-refractivity contribution in [3.05, 3.63) is 58.8 Å². The Hall–Kier alpha value is -2.89. The van der Waals surface area contributed by atoms with Crippen LogP contribution in [-0.2, 0) is 9.53 Å². The molecule has 0 fully saturated rings. The van der Waals surface area contributed by atoms with E-state index in [0.29, 0.717) is 5.56 Å². The van der Waals surface area contributed by atoms with Crippen LogP contribution in [0.5, 0.6) is 11.5 Å². The molecule has 0 aromatic heterocycles. The Balaban J connectivity index is 2.09. The molecule has 0 bridgehead atoms. The summed E-state index contributed by atoms with van der Waals surface area (Å²) in [6.45, 7) is 0. The highest BCUT2D eigenvalue weighted by molar-refractivity contribution is 6.09. The molecule has 1 heterocycles. The van der Waals surface area contributed by atoms with E-state index >= 15 is 0 Å². The van der Waals surface area contributed by atoms with Gasteiger partial charge in [0.05, 0.1) is 0 Å². The van der Waals surface area contributed by atoms with Gasteiger partial charge in [-0.1, -0.05) is 6.07 Å². The lowest BCUT2D eigenvalue weighted by Gasteiger charge is -2.13. The summed E-state index contributed by atoms with van der Waals surface area (Å²) in [5, 5.41) is 38.5. The fraction of sp³-hybridized carbons (Fsp3) is 0.0714. The van der Waals surface area contributed by atoms with E-state index in [1.807, 2.05) is 0 Å². The number of aliphatic hydroxyl groups is 2. The molecular weight excluding hydrogens is 264 g/mol. The average molecular weight is 274 g/mol. The van der Waals surface area contributed by atoms with Gasteiger partial charge in [0.2, 0.25) is 0 Å². The molecule has 1 atom stereocenters. The zero-order valence-corrected chi connectivity index (χ0v) is 10.1. The van der Waals surface area contributed by atoms with Crippen molar-refractivity contribution >= 4 is 5.78 Å². The Morgan fingerprint density at radius 1 is 1.00 bits per heavy atom. The molecule has 6 heteroatoms. The molecule has 2 aliphatic rings. The molecule has 4 N–H and O–H groups in total. The summed E-state index contributed by atoms with van der Waals surface area (Å²) in [5.74, 6) is -1.84. The number of hydrogen-bond donors (Lipinski definition) is 4. The summed E-state index contributed by atoms with van der Waals surface area (Å²) < 4.78 is 5.38. The van der Waals surface area contributed by atoms with Crippen LogP contribution in [0.3, 0.4) is 0 Å².